The van der Waals surface area contributed by atoms with E-state index >= 15 is 0 Å². The maximum Gasteiger partial charge on any atom is 0.253 e. The summed E-state index contributed by atoms with van der Waals surface area (Å²) in [5.74, 6) is -1.01. The number of imide groups is 1. The lowest BCUT2D eigenvalue weighted by molar-refractivity contribution is -0.137. The summed E-state index contributed by atoms with van der Waals surface area (Å²) in [6.45, 7) is 0.939. The van der Waals surface area contributed by atoms with Crippen molar-refractivity contribution in [3.63, 3.8) is 0 Å². The molecule has 0 aromatic rings. The Morgan fingerprint density at radius 1 is 1.28 bits per heavy atom. The molecule has 1 aliphatic rings. The first-order valence-electron chi connectivity index (χ1n) is 5.50. The number of nitrogens with two attached hydrogens (primary N) is 1. The van der Waals surface area contributed by atoms with Gasteiger partial charge in [0.2, 0.25) is 5.91 Å². The van der Waals surface area contributed by atoms with Crippen LogP contribution in [0.15, 0.2) is 12.2 Å². The molecule has 0 radical (unpaired) electrons. The highest BCUT2D eigenvalue weighted by molar-refractivity contribution is 6.13. The molecule has 0 saturated heterocycles. The Morgan fingerprint density at radius 2 is 1.94 bits per heavy atom. The van der Waals surface area contributed by atoms with Crippen molar-refractivity contribution >= 4 is 17.7 Å². The molecule has 4 N–H and O–H groups in total. The smallest absolute Gasteiger partial charge is 0.253 e. The number of carbonyl (C=O) groups is 3. The molecule has 8 heteroatoms. The second kappa shape index (κ2) is 7.54. The van der Waals surface area contributed by atoms with Crippen molar-refractivity contribution in [3.05, 3.63) is 12.2 Å². The van der Waals surface area contributed by atoms with Crippen molar-refractivity contribution in [1.29, 1.82) is 0 Å². The number of amides is 3. The van der Waals surface area contributed by atoms with Gasteiger partial charge in [0.05, 0.1) is 0 Å². The van der Waals surface area contributed by atoms with Crippen LogP contribution in [0.5, 0.6) is 0 Å². The third-order valence-electron chi connectivity index (χ3n) is 2.20. The van der Waals surface area contributed by atoms with Gasteiger partial charge in [0.25, 0.3) is 11.8 Å². The lowest BCUT2D eigenvalue weighted by atomic mass is 10.3. The molecule has 100 valence electrons. The lowest BCUT2D eigenvalue weighted by Gasteiger charge is -2.13. The fourth-order valence-corrected chi connectivity index (χ4v) is 1.34. The topological polar surface area (TPSA) is 114 Å². The minimum atomic E-state index is -0.384. The van der Waals surface area contributed by atoms with Crippen LogP contribution in [0.4, 0.5) is 0 Å². The molecular formula is C10H16N4O4. The van der Waals surface area contributed by atoms with Crippen molar-refractivity contribution in [2.24, 2.45) is 5.73 Å². The Morgan fingerprint density at radius 3 is 2.56 bits per heavy atom. The molecule has 0 saturated carbocycles. The van der Waals surface area contributed by atoms with Crippen LogP contribution >= 0.6 is 0 Å². The molecule has 0 atom stereocenters. The van der Waals surface area contributed by atoms with Crippen LogP contribution in [0.2, 0.25) is 0 Å². The molecule has 0 aromatic heterocycles. The quantitative estimate of drug-likeness (QED) is 0.197. The zero-order valence-corrected chi connectivity index (χ0v) is 9.85. The average molecular weight is 256 g/mol. The molecular weight excluding hydrogens is 240 g/mol. The molecule has 1 heterocycles. The number of nitrogens with one attached hydrogen (secondary N) is 2. The van der Waals surface area contributed by atoms with Gasteiger partial charge in [0.1, 0.15) is 6.73 Å². The normalized spacial score (nSPS) is 14.4. The molecule has 18 heavy (non-hydrogen) atoms. The van der Waals surface area contributed by atoms with Crippen molar-refractivity contribution < 1.29 is 19.2 Å². The Balaban J connectivity index is 2.10. The maximum absolute atomic E-state index is 11.4. The van der Waals surface area contributed by atoms with E-state index in [1.54, 1.807) is 0 Å². The van der Waals surface area contributed by atoms with Gasteiger partial charge in [0.15, 0.2) is 0 Å². The largest absolute Gasteiger partial charge is 0.355 e. The van der Waals surface area contributed by atoms with E-state index in [1.165, 1.54) is 12.2 Å². The molecule has 0 aliphatic carbocycles. The Labute approximate surface area is 104 Å². The fraction of sp³-hybridized carbons (Fsp3) is 0.500. The first-order chi connectivity index (χ1) is 8.65. The zero-order chi connectivity index (χ0) is 13.4. The minimum absolute atomic E-state index is 0.0557. The van der Waals surface area contributed by atoms with E-state index in [2.05, 4.69) is 15.6 Å². The molecule has 0 aromatic carbocycles. The number of carbonyl (C=O) groups excluding carboxylic acids is 3. The van der Waals surface area contributed by atoms with E-state index in [-0.39, 0.29) is 37.4 Å². The molecule has 1 rings (SSSR count). The van der Waals surface area contributed by atoms with Crippen LogP contribution in [0.1, 0.15) is 6.42 Å². The Hall–Kier alpha value is -1.77. The first-order valence-corrected chi connectivity index (χ1v) is 5.50. The fourth-order valence-electron chi connectivity index (χ4n) is 1.34. The second-order valence-corrected chi connectivity index (χ2v) is 3.47. The highest BCUT2D eigenvalue weighted by atomic mass is 16.6. The second-order valence-electron chi connectivity index (χ2n) is 3.47. The molecule has 8 nitrogen and oxygen atoms in total. The summed E-state index contributed by atoms with van der Waals surface area (Å²) in [5, 5.41) is 2.60. The zero-order valence-electron chi connectivity index (χ0n) is 9.85. The van der Waals surface area contributed by atoms with Gasteiger partial charge in [0, 0.05) is 38.2 Å². The highest BCUT2D eigenvalue weighted by Gasteiger charge is 2.23. The van der Waals surface area contributed by atoms with E-state index < -0.39 is 0 Å². The molecule has 0 fully saturated rings. The summed E-state index contributed by atoms with van der Waals surface area (Å²) in [6, 6.07) is 0. The molecule has 1 aliphatic heterocycles. The van der Waals surface area contributed by atoms with Crippen LogP contribution in [0.25, 0.3) is 0 Å². The van der Waals surface area contributed by atoms with Crippen molar-refractivity contribution in [1.82, 2.24) is 15.7 Å². The van der Waals surface area contributed by atoms with Gasteiger partial charge in [-0.2, -0.15) is 5.48 Å². The predicted molar refractivity (Wildman–Crippen MR) is 61.6 cm³/mol. The van der Waals surface area contributed by atoms with Gasteiger partial charge in [-0.25, -0.2) is 0 Å². The predicted octanol–water partition coefficient (Wildman–Crippen LogP) is -2.14. The van der Waals surface area contributed by atoms with Crippen LogP contribution in [0.3, 0.4) is 0 Å². The van der Waals surface area contributed by atoms with E-state index in [1.807, 2.05) is 0 Å². The van der Waals surface area contributed by atoms with Crippen LogP contribution in [0, 0.1) is 0 Å². The highest BCUT2D eigenvalue weighted by Crippen LogP contribution is 2.03. The molecule has 0 unspecified atom stereocenters. The van der Waals surface area contributed by atoms with Gasteiger partial charge in [-0.05, 0) is 0 Å². The van der Waals surface area contributed by atoms with Gasteiger partial charge in [-0.3, -0.25) is 24.1 Å². The number of hydrogen-bond acceptors (Lipinski definition) is 6. The average Bonchev–Trinajstić information content (AvgIpc) is 2.66. The van der Waals surface area contributed by atoms with E-state index in [4.69, 9.17) is 5.73 Å². The monoisotopic (exact) mass is 256 g/mol. The standard InChI is InChI=1S/C10H16N4O4/c11-7-18-13-5-4-12-8(15)3-6-14-9(16)1-2-10(14)17/h1-2,13H,3-7,11H2,(H,12,15). The first kappa shape index (κ1) is 14.3. The summed E-state index contributed by atoms with van der Waals surface area (Å²) in [4.78, 5) is 39.4. The van der Waals surface area contributed by atoms with Gasteiger partial charge < -0.3 is 11.1 Å². The number of hydroxylamine groups is 1. The van der Waals surface area contributed by atoms with Gasteiger partial charge >= 0.3 is 0 Å². The van der Waals surface area contributed by atoms with Crippen molar-refractivity contribution in [3.8, 4) is 0 Å². The van der Waals surface area contributed by atoms with Crippen LogP contribution < -0.4 is 16.5 Å². The number of nitrogens with zero attached hydrogens (tertiary/aromatic N) is 1. The third-order valence-corrected chi connectivity index (χ3v) is 2.20. The maximum atomic E-state index is 11.4. The summed E-state index contributed by atoms with van der Waals surface area (Å²) >= 11 is 0. The van der Waals surface area contributed by atoms with Crippen LogP contribution in [-0.2, 0) is 19.2 Å². The van der Waals surface area contributed by atoms with Gasteiger partial charge in [-0.15, -0.1) is 0 Å². The lowest BCUT2D eigenvalue weighted by Crippen LogP contribution is -2.37. The Bertz CT molecular complexity index is 338. The molecule has 0 bridgehead atoms. The van der Waals surface area contributed by atoms with Crippen LogP contribution in [-0.4, -0.2) is 49.0 Å². The molecule has 0 spiro atoms. The summed E-state index contributed by atoms with van der Waals surface area (Å²) in [5.41, 5.74) is 7.60. The summed E-state index contributed by atoms with van der Waals surface area (Å²) in [7, 11) is 0. The molecule has 3 amide bonds. The third kappa shape index (κ3) is 4.62. The number of rotatable bonds is 8. The van der Waals surface area contributed by atoms with E-state index in [0.29, 0.717) is 13.1 Å². The van der Waals surface area contributed by atoms with E-state index in [9.17, 15) is 14.4 Å². The Kier molecular flexibility index (Phi) is 5.98. The summed E-state index contributed by atoms with van der Waals surface area (Å²) in [6.07, 6.45) is 2.46. The van der Waals surface area contributed by atoms with E-state index in [0.717, 1.165) is 4.90 Å². The SMILES string of the molecule is NCONCCNC(=O)CCN1C(=O)C=CC1=O. The van der Waals surface area contributed by atoms with Crippen molar-refractivity contribution in [2.75, 3.05) is 26.4 Å². The van der Waals surface area contributed by atoms with Crippen molar-refractivity contribution in [2.45, 2.75) is 6.42 Å². The van der Waals surface area contributed by atoms with Gasteiger partial charge in [-0.1, -0.05) is 0 Å². The minimum Gasteiger partial charge on any atom is -0.355 e. The summed E-state index contributed by atoms with van der Waals surface area (Å²) < 4.78 is 0. The number of hydrogen-bond donors (Lipinski definition) is 3.